The van der Waals surface area contributed by atoms with Gasteiger partial charge in [-0.2, -0.15) is 0 Å². The monoisotopic (exact) mass is 854 g/mol. The summed E-state index contributed by atoms with van der Waals surface area (Å²) in [6.07, 6.45) is 1.49. The van der Waals surface area contributed by atoms with Crippen LogP contribution in [0.15, 0.2) is 70.6 Å². The van der Waals surface area contributed by atoms with Crippen molar-refractivity contribution >= 4 is 66.7 Å². The number of carbonyl (C=O) groups excluding carboxylic acids is 1. The zero-order valence-corrected chi connectivity index (χ0v) is 36.0. The molecule has 2 amide bonds. The zero-order chi connectivity index (χ0) is 40.6. The minimum Gasteiger partial charge on any atom is -0.493 e. The summed E-state index contributed by atoms with van der Waals surface area (Å²) in [5.74, 6) is 0.474. The van der Waals surface area contributed by atoms with Crippen LogP contribution in [0.1, 0.15) is 58.2 Å². The number of benzene rings is 3. The van der Waals surface area contributed by atoms with Crippen LogP contribution in [0.25, 0.3) is 0 Å². The van der Waals surface area contributed by atoms with Crippen molar-refractivity contribution in [2.45, 2.75) is 69.5 Å². The molecule has 2 heterocycles. The van der Waals surface area contributed by atoms with Crippen molar-refractivity contribution in [2.75, 3.05) is 52.1 Å². The Labute approximate surface area is 340 Å². The molecule has 3 aromatic carbocycles. The van der Waals surface area contributed by atoms with Crippen molar-refractivity contribution in [3.05, 3.63) is 92.4 Å². The number of hydrogen-bond acceptors (Lipinski definition) is 8. The van der Waals surface area contributed by atoms with Gasteiger partial charge in [-0.05, 0) is 83.0 Å². The van der Waals surface area contributed by atoms with Crippen molar-refractivity contribution in [1.82, 2.24) is 24.1 Å². The van der Waals surface area contributed by atoms with Gasteiger partial charge in [0.25, 0.3) is 0 Å². The van der Waals surface area contributed by atoms with Crippen LogP contribution in [0.3, 0.4) is 0 Å². The average molecular weight is 856 g/mol. The van der Waals surface area contributed by atoms with E-state index in [0.29, 0.717) is 49.2 Å². The molecule has 0 radical (unpaired) electrons. The number of nitrogens with zero attached hydrogens (tertiary/aromatic N) is 4. The molecule has 2 aliphatic heterocycles. The van der Waals surface area contributed by atoms with E-state index < -0.39 is 36.7 Å². The molecule has 0 spiro atoms. The molecule has 300 valence electrons. The van der Waals surface area contributed by atoms with E-state index in [-0.39, 0.29) is 46.2 Å². The summed E-state index contributed by atoms with van der Waals surface area (Å²) in [6.45, 7) is 13.6. The molecular weight excluding hydrogens is 807 g/mol. The van der Waals surface area contributed by atoms with E-state index in [1.54, 1.807) is 61.8 Å². The van der Waals surface area contributed by atoms with Crippen molar-refractivity contribution in [3.8, 4) is 5.75 Å². The highest BCUT2D eigenvalue weighted by molar-refractivity contribution is 7.89. The highest BCUT2D eigenvalue weighted by atomic mass is 35.5. The van der Waals surface area contributed by atoms with Crippen LogP contribution in [0, 0.1) is 0 Å². The molecule has 1 fully saturated rings. The molecule has 2 N–H and O–H groups in total. The Bertz CT molecular complexity index is 2140. The van der Waals surface area contributed by atoms with Crippen molar-refractivity contribution in [1.29, 1.82) is 0 Å². The predicted molar refractivity (Wildman–Crippen MR) is 220 cm³/mol. The first-order valence-electron chi connectivity index (χ1n) is 17.9. The lowest BCUT2D eigenvalue weighted by molar-refractivity contribution is 0.0876. The van der Waals surface area contributed by atoms with Gasteiger partial charge in [0.2, 0.25) is 20.0 Å². The summed E-state index contributed by atoms with van der Waals surface area (Å²) in [4.78, 5) is 26.0. The van der Waals surface area contributed by atoms with Crippen LogP contribution in [-0.4, -0.2) is 107 Å². The van der Waals surface area contributed by atoms with E-state index >= 15 is 4.79 Å². The van der Waals surface area contributed by atoms with Crippen molar-refractivity contribution in [3.63, 3.8) is 0 Å². The molecule has 0 saturated carbocycles. The van der Waals surface area contributed by atoms with Gasteiger partial charge < -0.3 is 9.64 Å². The van der Waals surface area contributed by atoms with E-state index in [2.05, 4.69) is 14.3 Å². The first-order chi connectivity index (χ1) is 25.6. The molecule has 0 bridgehead atoms. The summed E-state index contributed by atoms with van der Waals surface area (Å²) >= 11 is 19.4. The van der Waals surface area contributed by atoms with Crippen LogP contribution in [0.4, 0.5) is 4.79 Å². The van der Waals surface area contributed by atoms with E-state index in [4.69, 9.17) is 44.5 Å². The van der Waals surface area contributed by atoms with E-state index in [9.17, 15) is 16.8 Å². The number of amides is 2. The Kier molecular flexibility index (Phi) is 12.9. The maximum Gasteiger partial charge on any atom is 0.326 e. The third-order valence-electron chi connectivity index (χ3n) is 9.86. The lowest BCUT2D eigenvalue weighted by Crippen LogP contribution is -2.62. The van der Waals surface area contributed by atoms with E-state index in [1.807, 2.05) is 38.1 Å². The molecule has 5 rings (SSSR count). The highest BCUT2D eigenvalue weighted by Gasteiger charge is 2.59. The minimum atomic E-state index is -4.16. The fourth-order valence-electron chi connectivity index (χ4n) is 7.08. The molecule has 12 nitrogen and oxygen atoms in total. The summed E-state index contributed by atoms with van der Waals surface area (Å²) in [5.41, 5.74) is -1.10. The number of urea groups is 1. The van der Waals surface area contributed by atoms with Crippen molar-refractivity contribution < 1.29 is 26.4 Å². The number of carbonyl (C=O) groups is 1. The lowest BCUT2D eigenvalue weighted by atomic mass is 9.71. The number of sulfonamides is 2. The number of hydrogen-bond donors (Lipinski definition) is 2. The third-order valence-corrected chi connectivity index (χ3v) is 13.3. The average Bonchev–Trinajstić information content (AvgIpc) is 3.31. The Balaban J connectivity index is 1.70. The van der Waals surface area contributed by atoms with Crippen LogP contribution in [0.5, 0.6) is 5.75 Å². The van der Waals surface area contributed by atoms with Gasteiger partial charge in [0, 0.05) is 67.3 Å². The Morgan fingerprint density at radius 2 is 1.49 bits per heavy atom. The van der Waals surface area contributed by atoms with Gasteiger partial charge >= 0.3 is 6.03 Å². The quantitative estimate of drug-likeness (QED) is 0.215. The summed E-state index contributed by atoms with van der Waals surface area (Å²) in [7, 11) is -7.50. The smallest absolute Gasteiger partial charge is 0.326 e. The highest BCUT2D eigenvalue weighted by Crippen LogP contribution is 2.51. The Hall–Kier alpha value is -2.95. The molecule has 1 saturated heterocycles. The van der Waals surface area contributed by atoms with Gasteiger partial charge in [0.15, 0.2) is 0 Å². The summed E-state index contributed by atoms with van der Waals surface area (Å²) in [5, 5.41) is 1.04. The van der Waals surface area contributed by atoms with Crippen LogP contribution in [-0.2, 0) is 32.0 Å². The number of nitrogens with one attached hydrogen (secondary N) is 2. The second-order valence-electron chi connectivity index (χ2n) is 15.3. The van der Waals surface area contributed by atoms with E-state index in [0.717, 1.165) is 17.4 Å². The van der Waals surface area contributed by atoms with Gasteiger partial charge in [-0.3, -0.25) is 14.8 Å². The zero-order valence-electron chi connectivity index (χ0n) is 32.1. The molecule has 55 heavy (non-hydrogen) atoms. The predicted octanol–water partition coefficient (Wildman–Crippen LogP) is 6.39. The lowest BCUT2D eigenvalue weighted by Gasteiger charge is -2.47. The molecule has 17 heteroatoms. The normalized spacial score (nSPS) is 21.2. The number of halogens is 3. The molecule has 2 aliphatic rings. The first-order valence-corrected chi connectivity index (χ1v) is 22.4. The summed E-state index contributed by atoms with van der Waals surface area (Å²) in [6, 6.07) is 17.3. The molecule has 2 atom stereocenters. The molecule has 0 aliphatic carbocycles. The topological polar surface area (TPSA) is 141 Å². The number of aliphatic imine (C=N–C) groups is 1. The summed E-state index contributed by atoms with van der Waals surface area (Å²) < 4.78 is 62.4. The third kappa shape index (κ3) is 9.78. The van der Waals surface area contributed by atoms with Gasteiger partial charge in [-0.1, -0.05) is 59.1 Å². The fourth-order valence-corrected chi connectivity index (χ4v) is 9.75. The number of ether oxygens (including phenoxy) is 1. The second kappa shape index (κ2) is 16.5. The van der Waals surface area contributed by atoms with Crippen molar-refractivity contribution in [2.24, 2.45) is 4.99 Å². The molecular formula is C38H49Cl3N6O6S2. The fraction of sp³-hybridized carbons (Fsp3) is 0.474. The molecule has 3 aromatic rings. The second-order valence-corrected chi connectivity index (χ2v) is 20.0. The first kappa shape index (κ1) is 43.2. The molecule has 0 unspecified atom stereocenters. The minimum absolute atomic E-state index is 0.0497. The maximum atomic E-state index is 15.3. The van der Waals surface area contributed by atoms with Gasteiger partial charge in [0.1, 0.15) is 16.5 Å². The van der Waals surface area contributed by atoms with E-state index in [1.165, 1.54) is 12.1 Å². The van der Waals surface area contributed by atoms with Gasteiger partial charge in [-0.25, -0.2) is 31.1 Å². The van der Waals surface area contributed by atoms with Gasteiger partial charge in [0.05, 0.1) is 34.5 Å². The standard InChI is InChI=1S/C38H49Cl3N6O6S2/c1-8-53-32-24-31(41)33(55(51,52)44-36(2,3)4)23-30(32)34-43-37(5,25-26-9-13-28(39)14-10-26)38(6,27-11-15-29(40)16-12-27)47(34)35(48)46-21-19-45(20-22-46)18-17-42-54(7,49)50/h9-16,23-24,42,44H,8,17-22,25H2,1-7H3/t37-,38+/m0/s1. The Morgan fingerprint density at radius 3 is 2.04 bits per heavy atom. The van der Waals surface area contributed by atoms with Crippen LogP contribution >= 0.6 is 34.8 Å². The number of rotatable bonds is 12. The van der Waals surface area contributed by atoms with Crippen LogP contribution < -0.4 is 14.2 Å². The van der Waals surface area contributed by atoms with Gasteiger partial charge in [-0.15, -0.1) is 0 Å². The van der Waals surface area contributed by atoms with Crippen LogP contribution in [0.2, 0.25) is 15.1 Å². The maximum absolute atomic E-state index is 15.3. The number of amidine groups is 1. The largest absolute Gasteiger partial charge is 0.493 e. The Morgan fingerprint density at radius 1 is 0.909 bits per heavy atom. The molecule has 0 aromatic heterocycles. The SMILES string of the molecule is CCOc1cc(Cl)c(S(=O)(=O)NC(C)(C)C)cc1C1=N[C@@](C)(Cc2ccc(Cl)cc2)[C@@](C)(c2ccc(Cl)cc2)N1C(=O)N1CCN(CCNS(C)(=O)=O)CC1. The number of piperazine rings is 1.